The van der Waals surface area contributed by atoms with Crippen molar-refractivity contribution in [1.82, 2.24) is 9.97 Å². The van der Waals surface area contributed by atoms with Gasteiger partial charge >= 0.3 is 11.9 Å². The summed E-state index contributed by atoms with van der Waals surface area (Å²) in [6.45, 7) is -1.21. The van der Waals surface area contributed by atoms with Gasteiger partial charge in [0.05, 0.1) is 21.2 Å². The fraction of sp³-hybridized carbons (Fsp3) is 0.133. The zero-order valence-corrected chi connectivity index (χ0v) is 15.7. The van der Waals surface area contributed by atoms with E-state index < -0.39 is 30.9 Å². The van der Waals surface area contributed by atoms with Gasteiger partial charge in [0.15, 0.2) is 13.2 Å². The van der Waals surface area contributed by atoms with Crippen LogP contribution >= 0.6 is 46.4 Å². The molecule has 2 aromatic rings. The van der Waals surface area contributed by atoms with Crippen LogP contribution in [0, 0.1) is 0 Å². The van der Waals surface area contributed by atoms with Gasteiger partial charge in [0.1, 0.15) is 10.3 Å². The van der Waals surface area contributed by atoms with Crippen LogP contribution in [-0.4, -0.2) is 40.9 Å². The summed E-state index contributed by atoms with van der Waals surface area (Å²) in [7, 11) is 0. The summed E-state index contributed by atoms with van der Waals surface area (Å²) in [4.78, 5) is 42.6. The number of ketones is 1. The first-order valence-electron chi connectivity index (χ1n) is 6.76. The molecule has 0 N–H and O–H groups in total. The molecule has 2 aromatic heterocycles. The Labute approximate surface area is 167 Å². The third-order valence-corrected chi connectivity index (χ3v) is 4.16. The number of ether oxygens (including phenoxy) is 2. The summed E-state index contributed by atoms with van der Waals surface area (Å²) in [5, 5.41) is 0.194. The first kappa shape index (κ1) is 20.4. The molecule has 0 fully saturated rings. The number of halogens is 4. The summed E-state index contributed by atoms with van der Waals surface area (Å²) in [6, 6.07) is 2.50. The number of esters is 2. The Hall–Kier alpha value is -1.93. The smallest absolute Gasteiger partial charge is 0.340 e. The van der Waals surface area contributed by atoms with Crippen LogP contribution in [0.25, 0.3) is 0 Å². The van der Waals surface area contributed by atoms with E-state index in [1.54, 1.807) is 0 Å². The number of rotatable bonds is 6. The second kappa shape index (κ2) is 9.14. The lowest BCUT2D eigenvalue weighted by Gasteiger charge is -2.06. The van der Waals surface area contributed by atoms with Crippen LogP contribution < -0.4 is 0 Å². The number of hydrogen-bond donors (Lipinski definition) is 0. The maximum atomic E-state index is 11.8. The van der Waals surface area contributed by atoms with Gasteiger partial charge in [-0.1, -0.05) is 46.4 Å². The maximum Gasteiger partial charge on any atom is 0.340 e. The molecule has 0 spiro atoms. The van der Waals surface area contributed by atoms with E-state index in [1.807, 2.05) is 0 Å². The molecule has 0 aromatic carbocycles. The van der Waals surface area contributed by atoms with E-state index in [9.17, 15) is 14.4 Å². The van der Waals surface area contributed by atoms with Crippen LogP contribution in [0.1, 0.15) is 20.7 Å². The lowest BCUT2D eigenvalue weighted by molar-refractivity contribution is -0.125. The molecule has 7 nitrogen and oxygen atoms in total. The van der Waals surface area contributed by atoms with Gasteiger partial charge in [0, 0.05) is 12.4 Å². The molecule has 0 unspecified atom stereocenters. The van der Waals surface area contributed by atoms with Crippen molar-refractivity contribution in [3.05, 3.63) is 56.0 Å². The molecule has 0 amide bonds. The highest BCUT2D eigenvalue weighted by molar-refractivity contribution is 6.41. The third kappa shape index (κ3) is 5.54. The monoisotopic (exact) mass is 436 g/mol. The van der Waals surface area contributed by atoms with Gasteiger partial charge in [-0.15, -0.1) is 0 Å². The fourth-order valence-corrected chi connectivity index (χ4v) is 2.11. The summed E-state index contributed by atoms with van der Waals surface area (Å²) >= 11 is 22.7. The molecule has 0 saturated carbocycles. The molecule has 0 radical (unpaired) electrons. The lowest BCUT2D eigenvalue weighted by atomic mass is 10.3. The Morgan fingerprint density at radius 2 is 1.15 bits per heavy atom. The molecule has 2 heterocycles. The van der Waals surface area contributed by atoms with E-state index in [1.165, 1.54) is 12.1 Å². The Bertz CT molecular complexity index is 806. The number of carbonyl (C=O) groups excluding carboxylic acids is 3. The summed E-state index contributed by atoms with van der Waals surface area (Å²) < 4.78 is 9.57. The zero-order chi connectivity index (χ0) is 19.3. The van der Waals surface area contributed by atoms with Crippen LogP contribution in [-0.2, 0) is 14.3 Å². The standard InChI is InChI=1S/C15H8Cl4N2O5/c16-10-1-7(3-20-12(10)18)14(23)25-5-9(22)6-26-15(24)8-2-11(17)13(19)21-4-8/h1-4H,5-6H2. The Balaban J connectivity index is 1.82. The molecule has 0 aliphatic rings. The minimum atomic E-state index is -0.829. The van der Waals surface area contributed by atoms with Gasteiger partial charge in [-0.2, -0.15) is 0 Å². The average Bonchev–Trinajstić information content (AvgIpc) is 2.62. The van der Waals surface area contributed by atoms with Gasteiger partial charge in [-0.3, -0.25) is 4.79 Å². The minimum absolute atomic E-state index is 0.0195. The Kier molecular flexibility index (Phi) is 7.16. The van der Waals surface area contributed by atoms with Gasteiger partial charge in [-0.25, -0.2) is 19.6 Å². The van der Waals surface area contributed by atoms with E-state index in [-0.39, 0.29) is 31.5 Å². The predicted octanol–water partition coefficient (Wildman–Crippen LogP) is 3.67. The number of Topliss-reactive ketones (excluding diaryl/α,β-unsaturated/α-hetero) is 1. The number of carbonyl (C=O) groups is 3. The van der Waals surface area contributed by atoms with Crippen LogP contribution in [0.3, 0.4) is 0 Å². The van der Waals surface area contributed by atoms with Crippen molar-refractivity contribution in [2.45, 2.75) is 0 Å². The first-order chi connectivity index (χ1) is 12.3. The SMILES string of the molecule is O=C(COC(=O)c1cnc(Cl)c(Cl)c1)COC(=O)c1cnc(Cl)c(Cl)c1. The van der Waals surface area contributed by atoms with E-state index in [4.69, 9.17) is 55.9 Å². The first-order valence-corrected chi connectivity index (χ1v) is 8.27. The zero-order valence-electron chi connectivity index (χ0n) is 12.7. The summed E-state index contributed by atoms with van der Waals surface area (Å²) in [5.41, 5.74) is 0.0390. The van der Waals surface area contributed by atoms with Gasteiger partial charge < -0.3 is 9.47 Å². The molecule has 0 aliphatic carbocycles. The van der Waals surface area contributed by atoms with E-state index in [0.717, 1.165) is 12.4 Å². The van der Waals surface area contributed by atoms with Crippen LogP contribution in [0.5, 0.6) is 0 Å². The van der Waals surface area contributed by atoms with Crippen molar-refractivity contribution >= 4 is 64.1 Å². The predicted molar refractivity (Wildman–Crippen MR) is 94.1 cm³/mol. The van der Waals surface area contributed by atoms with E-state index in [2.05, 4.69) is 9.97 Å². The molecule has 0 bridgehead atoms. The molecule has 0 aliphatic heterocycles. The molecule has 11 heteroatoms. The second-order valence-corrected chi connectivity index (χ2v) is 6.21. The minimum Gasteiger partial charge on any atom is -0.454 e. The van der Waals surface area contributed by atoms with Crippen molar-refractivity contribution in [3.63, 3.8) is 0 Å². The Morgan fingerprint density at radius 1 is 0.769 bits per heavy atom. The normalized spacial score (nSPS) is 10.3. The van der Waals surface area contributed by atoms with Crippen LogP contribution in [0.15, 0.2) is 24.5 Å². The number of nitrogens with zero attached hydrogens (tertiary/aromatic N) is 2. The number of hydrogen-bond acceptors (Lipinski definition) is 7. The van der Waals surface area contributed by atoms with Crippen molar-refractivity contribution in [2.24, 2.45) is 0 Å². The Morgan fingerprint density at radius 3 is 1.50 bits per heavy atom. The summed E-state index contributed by atoms with van der Waals surface area (Å²) in [6.07, 6.45) is 2.30. The average molecular weight is 438 g/mol. The molecule has 2 rings (SSSR count). The molecule has 0 atom stereocenters. The number of pyridine rings is 2. The lowest BCUT2D eigenvalue weighted by Crippen LogP contribution is -2.20. The molecule has 136 valence electrons. The molecular weight excluding hydrogens is 430 g/mol. The highest BCUT2D eigenvalue weighted by Gasteiger charge is 2.15. The largest absolute Gasteiger partial charge is 0.454 e. The van der Waals surface area contributed by atoms with E-state index in [0.29, 0.717) is 0 Å². The van der Waals surface area contributed by atoms with E-state index >= 15 is 0 Å². The van der Waals surface area contributed by atoms with Crippen molar-refractivity contribution in [1.29, 1.82) is 0 Å². The van der Waals surface area contributed by atoms with Crippen molar-refractivity contribution < 1.29 is 23.9 Å². The highest BCUT2D eigenvalue weighted by atomic mass is 35.5. The highest BCUT2D eigenvalue weighted by Crippen LogP contribution is 2.21. The van der Waals surface area contributed by atoms with Gasteiger partial charge in [0.25, 0.3) is 0 Å². The van der Waals surface area contributed by atoms with Crippen molar-refractivity contribution in [3.8, 4) is 0 Å². The van der Waals surface area contributed by atoms with Gasteiger partial charge in [-0.05, 0) is 12.1 Å². The fourth-order valence-electron chi connectivity index (χ4n) is 1.57. The molecular formula is C15H8Cl4N2O5. The topological polar surface area (TPSA) is 95.5 Å². The van der Waals surface area contributed by atoms with Crippen molar-refractivity contribution in [2.75, 3.05) is 13.2 Å². The maximum absolute atomic E-state index is 11.8. The quantitative estimate of drug-likeness (QED) is 0.502. The third-order valence-electron chi connectivity index (χ3n) is 2.79. The summed E-state index contributed by atoms with van der Waals surface area (Å²) in [5.74, 6) is -2.30. The molecule has 26 heavy (non-hydrogen) atoms. The number of aromatic nitrogens is 2. The van der Waals surface area contributed by atoms with Crippen LogP contribution in [0.2, 0.25) is 20.4 Å². The van der Waals surface area contributed by atoms with Crippen LogP contribution in [0.4, 0.5) is 0 Å². The van der Waals surface area contributed by atoms with Gasteiger partial charge in [0.2, 0.25) is 5.78 Å². The molecule has 0 saturated heterocycles. The second-order valence-electron chi connectivity index (χ2n) is 4.68.